The third kappa shape index (κ3) is 3.27. The van der Waals surface area contributed by atoms with Crippen LogP contribution in [0.1, 0.15) is 34.4 Å². The van der Waals surface area contributed by atoms with E-state index in [0.29, 0.717) is 22.8 Å². The summed E-state index contributed by atoms with van der Waals surface area (Å²) in [6.45, 7) is 0. The Labute approximate surface area is 158 Å². The summed E-state index contributed by atoms with van der Waals surface area (Å²) in [5.41, 5.74) is 5.63. The zero-order chi connectivity index (χ0) is 20.6. The number of halogens is 3. The zero-order valence-corrected chi connectivity index (χ0v) is 15.3. The molecular formula is C17H19F3N4O4. The van der Waals surface area contributed by atoms with Crippen molar-refractivity contribution in [3.63, 3.8) is 0 Å². The lowest BCUT2D eigenvalue weighted by Gasteiger charge is -2.34. The van der Waals surface area contributed by atoms with Crippen molar-refractivity contribution in [2.45, 2.75) is 24.7 Å². The van der Waals surface area contributed by atoms with E-state index in [1.54, 1.807) is 12.1 Å². The number of fused-ring (bicyclic) bond motifs is 1. The van der Waals surface area contributed by atoms with E-state index in [4.69, 9.17) is 19.9 Å². The Kier molecular flexibility index (Phi) is 5.01. The largest absolute Gasteiger partial charge is 0.493 e. The molecule has 0 saturated carbocycles. The minimum absolute atomic E-state index is 0.0835. The van der Waals surface area contributed by atoms with Crippen molar-refractivity contribution in [1.29, 1.82) is 0 Å². The maximum absolute atomic E-state index is 13.7. The van der Waals surface area contributed by atoms with Crippen LogP contribution in [0.25, 0.3) is 0 Å². The van der Waals surface area contributed by atoms with Gasteiger partial charge in [-0.05, 0) is 17.7 Å². The fourth-order valence-electron chi connectivity index (χ4n) is 3.26. The molecule has 28 heavy (non-hydrogen) atoms. The fourth-order valence-corrected chi connectivity index (χ4v) is 3.26. The van der Waals surface area contributed by atoms with E-state index in [2.05, 4.69) is 10.4 Å². The molecule has 1 aromatic heterocycles. The summed E-state index contributed by atoms with van der Waals surface area (Å²) in [7, 11) is 4.25. The first-order valence-corrected chi connectivity index (χ1v) is 8.21. The third-order valence-corrected chi connectivity index (χ3v) is 4.59. The molecule has 0 aliphatic carbocycles. The Morgan fingerprint density at radius 1 is 1.21 bits per heavy atom. The van der Waals surface area contributed by atoms with Crippen LogP contribution in [-0.2, 0) is 0 Å². The van der Waals surface area contributed by atoms with Crippen molar-refractivity contribution in [3.8, 4) is 17.2 Å². The number of benzene rings is 1. The minimum Gasteiger partial charge on any atom is -0.493 e. The van der Waals surface area contributed by atoms with E-state index in [1.807, 2.05) is 0 Å². The molecule has 11 heteroatoms. The molecule has 2 heterocycles. The van der Waals surface area contributed by atoms with E-state index >= 15 is 0 Å². The highest BCUT2D eigenvalue weighted by atomic mass is 19.4. The molecule has 3 N–H and O–H groups in total. The van der Waals surface area contributed by atoms with Crippen LogP contribution in [0.2, 0.25) is 0 Å². The summed E-state index contributed by atoms with van der Waals surface area (Å²) in [6, 6.07) is 0.383. The second kappa shape index (κ2) is 7.13. The Bertz CT molecular complexity index is 872. The molecular weight excluding hydrogens is 381 g/mol. The number of aromatic nitrogens is 2. The summed E-state index contributed by atoms with van der Waals surface area (Å²) in [4.78, 5) is 11.6. The molecule has 1 amide bonds. The lowest BCUT2D eigenvalue weighted by Crippen LogP contribution is -2.36. The van der Waals surface area contributed by atoms with Crippen molar-refractivity contribution in [3.05, 3.63) is 29.5 Å². The Hall–Kier alpha value is -3.11. The highest BCUT2D eigenvalue weighted by molar-refractivity contribution is 5.97. The molecule has 0 spiro atoms. The van der Waals surface area contributed by atoms with E-state index in [1.165, 1.54) is 21.3 Å². The number of methoxy groups -OCH3 is 3. The SMILES string of the molecule is COc1cc([C@@H]2C[C@H](C(F)(F)F)n3ncc(C(N)=O)c3N2)cc(OC)c1OC. The van der Waals surface area contributed by atoms with Gasteiger partial charge in [0.05, 0.1) is 33.6 Å². The smallest absolute Gasteiger partial charge is 0.410 e. The van der Waals surface area contributed by atoms with Gasteiger partial charge in [0.25, 0.3) is 5.91 Å². The predicted octanol–water partition coefficient (Wildman–Crippen LogP) is 2.67. The Balaban J connectivity index is 2.11. The van der Waals surface area contributed by atoms with E-state index in [-0.39, 0.29) is 17.8 Å². The number of carbonyl (C=O) groups is 1. The van der Waals surface area contributed by atoms with Gasteiger partial charge in [-0.25, -0.2) is 4.68 Å². The summed E-state index contributed by atoms with van der Waals surface area (Å²) in [5, 5.41) is 6.65. The highest BCUT2D eigenvalue weighted by Crippen LogP contribution is 2.47. The first-order chi connectivity index (χ1) is 13.2. The summed E-state index contributed by atoms with van der Waals surface area (Å²) in [6.07, 6.45) is -3.90. The van der Waals surface area contributed by atoms with Gasteiger partial charge in [-0.1, -0.05) is 0 Å². The Morgan fingerprint density at radius 3 is 2.29 bits per heavy atom. The van der Waals surface area contributed by atoms with Crippen LogP contribution in [0, 0.1) is 0 Å². The number of nitrogens with zero attached hydrogens (tertiary/aromatic N) is 2. The number of anilines is 1. The predicted molar refractivity (Wildman–Crippen MR) is 92.9 cm³/mol. The van der Waals surface area contributed by atoms with Crippen LogP contribution in [0.3, 0.4) is 0 Å². The first kappa shape index (κ1) is 19.6. The second-order valence-electron chi connectivity index (χ2n) is 6.16. The van der Waals surface area contributed by atoms with Gasteiger partial charge in [0.15, 0.2) is 17.5 Å². The van der Waals surface area contributed by atoms with Gasteiger partial charge in [-0.3, -0.25) is 4.79 Å². The van der Waals surface area contributed by atoms with Crippen LogP contribution >= 0.6 is 0 Å². The lowest BCUT2D eigenvalue weighted by molar-refractivity contribution is -0.173. The van der Waals surface area contributed by atoms with Gasteiger partial charge in [0, 0.05) is 6.42 Å². The maximum atomic E-state index is 13.7. The molecule has 0 saturated heterocycles. The normalized spacial score (nSPS) is 18.8. The van der Waals surface area contributed by atoms with Crippen LogP contribution in [-0.4, -0.2) is 43.2 Å². The second-order valence-corrected chi connectivity index (χ2v) is 6.16. The van der Waals surface area contributed by atoms with E-state index in [0.717, 1.165) is 10.9 Å². The number of hydrogen-bond donors (Lipinski definition) is 2. The topological polar surface area (TPSA) is 101 Å². The molecule has 0 fully saturated rings. The van der Waals surface area contributed by atoms with Gasteiger partial charge < -0.3 is 25.3 Å². The van der Waals surface area contributed by atoms with Crippen molar-refractivity contribution in [1.82, 2.24) is 9.78 Å². The molecule has 0 bridgehead atoms. The number of amides is 1. The van der Waals surface area contributed by atoms with Crippen molar-refractivity contribution >= 4 is 11.7 Å². The monoisotopic (exact) mass is 400 g/mol. The number of nitrogens with two attached hydrogens (primary N) is 1. The quantitative estimate of drug-likeness (QED) is 0.800. The van der Waals surface area contributed by atoms with Crippen LogP contribution in [0.15, 0.2) is 18.3 Å². The highest BCUT2D eigenvalue weighted by Gasteiger charge is 2.47. The standard InChI is InChI=1S/C17H19F3N4O4/c1-26-11-4-8(5-12(27-2)14(11)28-3)10-6-13(17(18,19)20)24-16(23-10)9(7-22-24)15(21)25/h4-5,7,10,13,23H,6H2,1-3H3,(H2,21,25)/t10-,13+/m0/s1. The van der Waals surface area contributed by atoms with Gasteiger partial charge >= 0.3 is 6.18 Å². The van der Waals surface area contributed by atoms with Crippen LogP contribution in [0.4, 0.5) is 19.0 Å². The molecule has 152 valence electrons. The molecule has 0 unspecified atom stereocenters. The molecule has 1 aromatic carbocycles. The fraction of sp³-hybridized carbons (Fsp3) is 0.412. The average Bonchev–Trinajstić information content (AvgIpc) is 3.09. The first-order valence-electron chi connectivity index (χ1n) is 8.21. The zero-order valence-electron chi connectivity index (χ0n) is 15.3. The molecule has 2 aromatic rings. The molecule has 1 aliphatic heterocycles. The average molecular weight is 400 g/mol. The van der Waals surface area contributed by atoms with Gasteiger partial charge in [0.2, 0.25) is 5.75 Å². The maximum Gasteiger partial charge on any atom is 0.410 e. The summed E-state index contributed by atoms with van der Waals surface area (Å²) < 4.78 is 57.5. The summed E-state index contributed by atoms with van der Waals surface area (Å²) >= 11 is 0. The van der Waals surface area contributed by atoms with Gasteiger partial charge in [-0.15, -0.1) is 0 Å². The number of hydrogen-bond acceptors (Lipinski definition) is 6. The minimum atomic E-state index is -4.57. The lowest BCUT2D eigenvalue weighted by atomic mass is 9.95. The van der Waals surface area contributed by atoms with Gasteiger partial charge in [-0.2, -0.15) is 18.3 Å². The van der Waals surface area contributed by atoms with E-state index in [9.17, 15) is 18.0 Å². The summed E-state index contributed by atoms with van der Waals surface area (Å²) in [5.74, 6) is -0.0346. The number of nitrogens with one attached hydrogen (secondary N) is 1. The van der Waals surface area contributed by atoms with Crippen molar-refractivity contribution in [2.75, 3.05) is 26.6 Å². The Morgan fingerprint density at radius 2 is 1.82 bits per heavy atom. The molecule has 0 radical (unpaired) electrons. The number of primary amides is 1. The van der Waals surface area contributed by atoms with Gasteiger partial charge in [0.1, 0.15) is 11.4 Å². The van der Waals surface area contributed by atoms with E-state index < -0.39 is 24.2 Å². The van der Waals surface area contributed by atoms with Crippen molar-refractivity contribution < 1.29 is 32.2 Å². The number of ether oxygens (including phenoxy) is 3. The van der Waals surface area contributed by atoms with Crippen molar-refractivity contribution in [2.24, 2.45) is 5.73 Å². The van der Waals surface area contributed by atoms with Crippen LogP contribution < -0.4 is 25.3 Å². The number of alkyl halides is 3. The third-order valence-electron chi connectivity index (χ3n) is 4.59. The molecule has 2 atom stereocenters. The molecule has 8 nitrogen and oxygen atoms in total. The number of rotatable bonds is 5. The molecule has 1 aliphatic rings. The molecule has 3 rings (SSSR count). The number of carbonyl (C=O) groups excluding carboxylic acids is 1. The van der Waals surface area contributed by atoms with Crippen LogP contribution in [0.5, 0.6) is 17.2 Å².